The molecule has 0 aromatic rings. The average Bonchev–Trinajstić information content (AvgIpc) is 2.23. The lowest BCUT2D eigenvalue weighted by Crippen LogP contribution is -2.59. The molecule has 1 aliphatic heterocycles. The van der Waals surface area contributed by atoms with E-state index in [1.165, 1.54) is 32.4 Å². The molecule has 0 aromatic carbocycles. The lowest BCUT2D eigenvalue weighted by molar-refractivity contribution is 0.0265. The van der Waals surface area contributed by atoms with Crippen molar-refractivity contribution in [3.8, 4) is 0 Å². The summed E-state index contributed by atoms with van der Waals surface area (Å²) in [6.07, 6.45) is 4.26. The molecule has 0 amide bonds. The highest BCUT2D eigenvalue weighted by Gasteiger charge is 2.34. The molecule has 1 aliphatic carbocycles. The Hall–Kier alpha value is -0.0800. The largest absolute Gasteiger partial charge is 0.314 e. The van der Waals surface area contributed by atoms with Crippen molar-refractivity contribution in [2.45, 2.75) is 65.1 Å². The number of rotatable bonds is 1. The topological polar surface area (TPSA) is 15.3 Å². The summed E-state index contributed by atoms with van der Waals surface area (Å²) in [5, 5.41) is 3.53. The maximum absolute atomic E-state index is 3.53. The predicted molar refractivity (Wildman–Crippen MR) is 69.6 cm³/mol. The van der Waals surface area contributed by atoms with Gasteiger partial charge in [-0.1, -0.05) is 13.8 Å². The summed E-state index contributed by atoms with van der Waals surface area (Å²) in [4.78, 5) is 2.79. The Labute approximate surface area is 101 Å². The third kappa shape index (κ3) is 2.43. The Balaban J connectivity index is 2.00. The van der Waals surface area contributed by atoms with Gasteiger partial charge in [0.2, 0.25) is 0 Å². The quantitative estimate of drug-likeness (QED) is 0.736. The summed E-state index contributed by atoms with van der Waals surface area (Å²) in [6, 6.07) is 2.28. The zero-order chi connectivity index (χ0) is 11.7. The Morgan fingerprint density at radius 1 is 0.875 bits per heavy atom. The molecule has 2 fully saturated rings. The van der Waals surface area contributed by atoms with Crippen LogP contribution in [0.4, 0.5) is 0 Å². The van der Waals surface area contributed by atoms with Crippen molar-refractivity contribution in [1.29, 1.82) is 0 Å². The molecule has 1 saturated heterocycles. The van der Waals surface area contributed by atoms with Crippen LogP contribution in [-0.4, -0.2) is 36.1 Å². The van der Waals surface area contributed by atoms with E-state index in [1.807, 2.05) is 0 Å². The zero-order valence-electron chi connectivity index (χ0n) is 11.4. The van der Waals surface area contributed by atoms with E-state index < -0.39 is 0 Å². The molecule has 1 N–H and O–H groups in total. The molecule has 94 valence electrons. The third-order valence-electron chi connectivity index (χ3n) is 4.89. The number of hydrogen-bond acceptors (Lipinski definition) is 2. The summed E-state index contributed by atoms with van der Waals surface area (Å²) in [5.74, 6) is 1.85. The fourth-order valence-corrected chi connectivity index (χ4v) is 3.66. The molecule has 5 atom stereocenters. The Kier molecular flexibility index (Phi) is 3.91. The molecule has 2 heteroatoms. The highest BCUT2D eigenvalue weighted by Crippen LogP contribution is 2.34. The fraction of sp³-hybridized carbons (Fsp3) is 1.00. The molecule has 5 unspecified atom stereocenters. The van der Waals surface area contributed by atoms with Crippen LogP contribution >= 0.6 is 0 Å². The molecule has 0 spiro atoms. The van der Waals surface area contributed by atoms with Gasteiger partial charge < -0.3 is 5.32 Å². The van der Waals surface area contributed by atoms with Crippen LogP contribution in [0.15, 0.2) is 0 Å². The van der Waals surface area contributed by atoms with Crippen LogP contribution in [0.2, 0.25) is 0 Å². The van der Waals surface area contributed by atoms with Crippen molar-refractivity contribution in [2.24, 2.45) is 11.8 Å². The van der Waals surface area contributed by atoms with Crippen molar-refractivity contribution >= 4 is 0 Å². The van der Waals surface area contributed by atoms with Gasteiger partial charge in [0.1, 0.15) is 0 Å². The number of nitrogens with zero attached hydrogens (tertiary/aromatic N) is 1. The third-order valence-corrected chi connectivity index (χ3v) is 4.89. The Morgan fingerprint density at radius 3 is 2.06 bits per heavy atom. The maximum Gasteiger partial charge on any atom is 0.0198 e. The molecule has 16 heavy (non-hydrogen) atoms. The van der Waals surface area contributed by atoms with Crippen molar-refractivity contribution in [2.75, 3.05) is 13.1 Å². The van der Waals surface area contributed by atoms with Gasteiger partial charge in [-0.3, -0.25) is 4.90 Å². The van der Waals surface area contributed by atoms with E-state index in [0.717, 1.165) is 17.9 Å². The van der Waals surface area contributed by atoms with Crippen LogP contribution in [0.5, 0.6) is 0 Å². The summed E-state index contributed by atoms with van der Waals surface area (Å²) in [5.41, 5.74) is 0. The minimum atomic E-state index is 0.717. The molecular weight excluding hydrogens is 196 g/mol. The summed E-state index contributed by atoms with van der Waals surface area (Å²) >= 11 is 0. The van der Waals surface area contributed by atoms with Crippen LogP contribution in [-0.2, 0) is 0 Å². The molecular formula is C14H28N2. The normalized spacial score (nSPS) is 46.9. The van der Waals surface area contributed by atoms with Crippen LogP contribution in [0.3, 0.4) is 0 Å². The second kappa shape index (κ2) is 5.05. The lowest BCUT2D eigenvalue weighted by atomic mass is 9.78. The molecule has 0 bridgehead atoms. The molecule has 1 heterocycles. The molecule has 2 aliphatic rings. The predicted octanol–water partition coefficient (Wildman–Crippen LogP) is 2.49. The van der Waals surface area contributed by atoms with Crippen molar-refractivity contribution in [1.82, 2.24) is 10.2 Å². The lowest BCUT2D eigenvalue weighted by Gasteiger charge is -2.48. The second-order valence-electron chi connectivity index (χ2n) is 6.22. The standard InChI is InChI=1S/C14H28N2/c1-10-5-6-14(7-11(10)2)16-12(3)8-15-9-13(16)4/h10-15H,5-9H2,1-4H3. The van der Waals surface area contributed by atoms with Gasteiger partial charge in [0.05, 0.1) is 0 Å². The molecule has 0 aromatic heterocycles. The van der Waals surface area contributed by atoms with Crippen LogP contribution in [0.1, 0.15) is 47.0 Å². The average molecular weight is 224 g/mol. The Morgan fingerprint density at radius 2 is 1.50 bits per heavy atom. The fourth-order valence-electron chi connectivity index (χ4n) is 3.66. The van der Waals surface area contributed by atoms with E-state index in [4.69, 9.17) is 0 Å². The van der Waals surface area contributed by atoms with E-state index in [1.54, 1.807) is 0 Å². The highest BCUT2D eigenvalue weighted by molar-refractivity contribution is 4.90. The first-order valence-electron chi connectivity index (χ1n) is 7.07. The molecule has 1 saturated carbocycles. The van der Waals surface area contributed by atoms with Gasteiger partial charge in [-0.15, -0.1) is 0 Å². The number of piperazine rings is 1. The van der Waals surface area contributed by atoms with Gasteiger partial charge in [-0.25, -0.2) is 0 Å². The van der Waals surface area contributed by atoms with Crippen LogP contribution in [0.25, 0.3) is 0 Å². The zero-order valence-corrected chi connectivity index (χ0v) is 11.4. The van der Waals surface area contributed by atoms with Crippen LogP contribution < -0.4 is 5.32 Å². The summed E-state index contributed by atoms with van der Waals surface area (Å²) in [7, 11) is 0. The number of hydrogen-bond donors (Lipinski definition) is 1. The smallest absolute Gasteiger partial charge is 0.0198 e. The van der Waals surface area contributed by atoms with Gasteiger partial charge in [0.15, 0.2) is 0 Å². The van der Waals surface area contributed by atoms with Gasteiger partial charge in [0.25, 0.3) is 0 Å². The minimum absolute atomic E-state index is 0.717. The first-order chi connectivity index (χ1) is 7.59. The highest BCUT2D eigenvalue weighted by atomic mass is 15.3. The van der Waals surface area contributed by atoms with Crippen molar-refractivity contribution < 1.29 is 0 Å². The first kappa shape index (κ1) is 12.4. The van der Waals surface area contributed by atoms with Crippen molar-refractivity contribution in [3.63, 3.8) is 0 Å². The molecule has 0 radical (unpaired) electrons. The van der Waals surface area contributed by atoms with E-state index in [-0.39, 0.29) is 0 Å². The number of nitrogens with one attached hydrogen (secondary N) is 1. The SMILES string of the molecule is CC1CCC(N2C(C)CNCC2C)CC1C. The minimum Gasteiger partial charge on any atom is -0.314 e. The monoisotopic (exact) mass is 224 g/mol. The summed E-state index contributed by atoms with van der Waals surface area (Å²) < 4.78 is 0. The van der Waals surface area contributed by atoms with Gasteiger partial charge in [-0.05, 0) is 44.9 Å². The molecule has 2 rings (SSSR count). The summed E-state index contributed by atoms with van der Waals surface area (Å²) in [6.45, 7) is 12.0. The van der Waals surface area contributed by atoms with E-state index in [2.05, 4.69) is 37.9 Å². The molecule has 2 nitrogen and oxygen atoms in total. The second-order valence-corrected chi connectivity index (χ2v) is 6.22. The van der Waals surface area contributed by atoms with Gasteiger partial charge in [0, 0.05) is 31.2 Å². The van der Waals surface area contributed by atoms with E-state index in [9.17, 15) is 0 Å². The Bertz CT molecular complexity index is 219. The van der Waals surface area contributed by atoms with E-state index >= 15 is 0 Å². The van der Waals surface area contributed by atoms with E-state index in [0.29, 0.717) is 12.1 Å². The first-order valence-corrected chi connectivity index (χ1v) is 7.07. The van der Waals surface area contributed by atoms with Gasteiger partial charge >= 0.3 is 0 Å². The van der Waals surface area contributed by atoms with Gasteiger partial charge in [-0.2, -0.15) is 0 Å². The van der Waals surface area contributed by atoms with Crippen molar-refractivity contribution in [3.05, 3.63) is 0 Å². The maximum atomic E-state index is 3.53. The van der Waals surface area contributed by atoms with Crippen LogP contribution in [0, 0.1) is 11.8 Å².